The zero-order chi connectivity index (χ0) is 17.4. The van der Waals surface area contributed by atoms with Gasteiger partial charge in [0.25, 0.3) is 0 Å². The lowest BCUT2D eigenvalue weighted by Crippen LogP contribution is -2.16. The molecule has 0 saturated carbocycles. The number of methoxy groups -OCH3 is 3. The quantitative estimate of drug-likeness (QED) is 0.778. The number of benzene rings is 2. The maximum Gasteiger partial charge on any atom is 0.226 e. The van der Waals surface area contributed by atoms with Crippen molar-refractivity contribution in [3.05, 3.63) is 42.5 Å². The summed E-state index contributed by atoms with van der Waals surface area (Å²) in [7, 11) is 4.79. The van der Waals surface area contributed by atoms with Crippen LogP contribution < -0.4 is 24.8 Å². The Hall–Kier alpha value is -2.89. The smallest absolute Gasteiger partial charge is 0.226 e. The van der Waals surface area contributed by atoms with E-state index in [4.69, 9.17) is 14.2 Å². The highest BCUT2D eigenvalue weighted by molar-refractivity contribution is 5.91. The van der Waals surface area contributed by atoms with Crippen LogP contribution in [-0.2, 0) is 4.79 Å². The number of hydrogen-bond donors (Lipinski definition) is 2. The second-order valence-corrected chi connectivity index (χ2v) is 5.02. The first-order valence-corrected chi connectivity index (χ1v) is 7.56. The van der Waals surface area contributed by atoms with Crippen molar-refractivity contribution < 1.29 is 19.0 Å². The third-order valence-corrected chi connectivity index (χ3v) is 3.43. The first-order valence-electron chi connectivity index (χ1n) is 7.56. The molecule has 0 aliphatic carbocycles. The molecule has 2 aromatic rings. The molecule has 0 fully saturated rings. The lowest BCUT2D eigenvalue weighted by atomic mass is 10.2. The van der Waals surface area contributed by atoms with Crippen LogP contribution in [0.4, 0.5) is 11.4 Å². The molecule has 0 aliphatic rings. The average molecular weight is 330 g/mol. The van der Waals surface area contributed by atoms with Gasteiger partial charge in [-0.3, -0.25) is 4.79 Å². The predicted molar refractivity (Wildman–Crippen MR) is 94.3 cm³/mol. The highest BCUT2D eigenvalue weighted by Crippen LogP contribution is 2.28. The molecule has 2 aromatic carbocycles. The van der Waals surface area contributed by atoms with Crippen molar-refractivity contribution in [3.8, 4) is 17.2 Å². The summed E-state index contributed by atoms with van der Waals surface area (Å²) in [5.41, 5.74) is 1.52. The largest absolute Gasteiger partial charge is 0.497 e. The molecular weight excluding hydrogens is 308 g/mol. The number of nitrogens with one attached hydrogen (secondary N) is 2. The molecule has 0 aromatic heterocycles. The summed E-state index contributed by atoms with van der Waals surface area (Å²) in [6.45, 7) is 0.485. The van der Waals surface area contributed by atoms with Crippen LogP contribution in [0.5, 0.6) is 17.2 Å². The van der Waals surface area contributed by atoms with E-state index in [1.54, 1.807) is 33.5 Å². The molecule has 0 atom stereocenters. The fourth-order valence-electron chi connectivity index (χ4n) is 2.18. The summed E-state index contributed by atoms with van der Waals surface area (Å²) in [6, 6.07) is 12.7. The molecule has 128 valence electrons. The Morgan fingerprint density at radius 1 is 0.958 bits per heavy atom. The van der Waals surface area contributed by atoms with E-state index in [0.717, 1.165) is 5.69 Å². The van der Waals surface area contributed by atoms with E-state index in [1.165, 1.54) is 0 Å². The molecule has 1 amide bonds. The van der Waals surface area contributed by atoms with Crippen molar-refractivity contribution in [1.29, 1.82) is 0 Å². The molecule has 0 unspecified atom stereocenters. The monoisotopic (exact) mass is 330 g/mol. The minimum absolute atomic E-state index is 0.0803. The molecule has 6 nitrogen and oxygen atoms in total. The number of anilines is 2. The summed E-state index contributed by atoms with van der Waals surface area (Å²) in [6.07, 6.45) is 0.326. The number of ether oxygens (including phenoxy) is 3. The second-order valence-electron chi connectivity index (χ2n) is 5.02. The molecule has 6 heteroatoms. The number of hydrogen-bond acceptors (Lipinski definition) is 5. The van der Waals surface area contributed by atoms with Gasteiger partial charge < -0.3 is 24.8 Å². The highest BCUT2D eigenvalue weighted by atomic mass is 16.5. The summed E-state index contributed by atoms with van der Waals surface area (Å²) in [5.74, 6) is 2.01. The van der Waals surface area contributed by atoms with Gasteiger partial charge in [0, 0.05) is 30.8 Å². The van der Waals surface area contributed by atoms with Crippen molar-refractivity contribution >= 4 is 17.3 Å². The fraction of sp³-hybridized carbons (Fsp3) is 0.278. The minimum Gasteiger partial charge on any atom is -0.497 e. The zero-order valence-electron chi connectivity index (χ0n) is 14.1. The molecule has 0 radical (unpaired) electrons. The van der Waals surface area contributed by atoms with Gasteiger partial charge in [0.2, 0.25) is 5.91 Å². The molecule has 0 spiro atoms. The first kappa shape index (κ1) is 17.5. The van der Waals surface area contributed by atoms with Gasteiger partial charge in [-0.05, 0) is 24.3 Å². The predicted octanol–water partition coefficient (Wildman–Crippen LogP) is 3.15. The fourth-order valence-corrected chi connectivity index (χ4v) is 2.18. The van der Waals surface area contributed by atoms with Crippen LogP contribution in [0.2, 0.25) is 0 Å². The Balaban J connectivity index is 1.86. The van der Waals surface area contributed by atoms with Gasteiger partial charge in [-0.25, -0.2) is 0 Å². The molecule has 0 saturated heterocycles. The lowest BCUT2D eigenvalue weighted by molar-refractivity contribution is -0.115. The van der Waals surface area contributed by atoms with E-state index < -0.39 is 0 Å². The number of amides is 1. The van der Waals surface area contributed by atoms with Gasteiger partial charge in [0.05, 0.1) is 27.0 Å². The van der Waals surface area contributed by atoms with E-state index >= 15 is 0 Å². The molecule has 24 heavy (non-hydrogen) atoms. The number of rotatable bonds is 8. The minimum atomic E-state index is -0.0803. The van der Waals surface area contributed by atoms with Crippen LogP contribution in [0.25, 0.3) is 0 Å². The SMILES string of the molecule is COc1cccc(NC(=O)CCNc2ccc(OC)cc2OC)c1. The Morgan fingerprint density at radius 3 is 2.42 bits per heavy atom. The van der Waals surface area contributed by atoms with E-state index in [9.17, 15) is 4.79 Å². The van der Waals surface area contributed by atoms with Crippen molar-refractivity contribution in [3.63, 3.8) is 0 Å². The molecule has 2 rings (SSSR count). The second kappa shape index (κ2) is 8.67. The highest BCUT2D eigenvalue weighted by Gasteiger charge is 2.07. The molecule has 0 heterocycles. The van der Waals surface area contributed by atoms with Crippen LogP contribution >= 0.6 is 0 Å². The van der Waals surface area contributed by atoms with E-state index in [1.807, 2.05) is 30.3 Å². The summed E-state index contributed by atoms with van der Waals surface area (Å²) >= 11 is 0. The van der Waals surface area contributed by atoms with Gasteiger partial charge in [-0.2, -0.15) is 0 Å². The van der Waals surface area contributed by atoms with Crippen LogP contribution in [-0.4, -0.2) is 33.8 Å². The first-order chi connectivity index (χ1) is 11.7. The maximum absolute atomic E-state index is 12.0. The third kappa shape index (κ3) is 4.81. The topological polar surface area (TPSA) is 68.8 Å². The van der Waals surface area contributed by atoms with Gasteiger partial charge in [-0.15, -0.1) is 0 Å². The average Bonchev–Trinajstić information content (AvgIpc) is 2.62. The van der Waals surface area contributed by atoms with Crippen molar-refractivity contribution in [2.75, 3.05) is 38.5 Å². The van der Waals surface area contributed by atoms with Crippen molar-refractivity contribution in [1.82, 2.24) is 0 Å². The normalized spacial score (nSPS) is 9.96. The Bertz CT molecular complexity index is 688. The number of carbonyl (C=O) groups excluding carboxylic acids is 1. The molecule has 0 aliphatic heterocycles. The van der Waals surface area contributed by atoms with Crippen molar-refractivity contribution in [2.45, 2.75) is 6.42 Å². The van der Waals surface area contributed by atoms with E-state index in [0.29, 0.717) is 35.9 Å². The maximum atomic E-state index is 12.0. The van der Waals surface area contributed by atoms with Crippen LogP contribution in [0.1, 0.15) is 6.42 Å². The lowest BCUT2D eigenvalue weighted by Gasteiger charge is -2.12. The zero-order valence-corrected chi connectivity index (χ0v) is 14.1. The van der Waals surface area contributed by atoms with Crippen LogP contribution in [0.15, 0.2) is 42.5 Å². The van der Waals surface area contributed by atoms with Crippen LogP contribution in [0.3, 0.4) is 0 Å². The van der Waals surface area contributed by atoms with E-state index in [2.05, 4.69) is 10.6 Å². The number of carbonyl (C=O) groups is 1. The van der Waals surface area contributed by atoms with Gasteiger partial charge in [0.1, 0.15) is 17.2 Å². The molecule has 2 N–H and O–H groups in total. The summed E-state index contributed by atoms with van der Waals surface area (Å²) < 4.78 is 15.6. The van der Waals surface area contributed by atoms with Crippen LogP contribution in [0, 0.1) is 0 Å². The molecular formula is C18H22N2O4. The summed E-state index contributed by atoms with van der Waals surface area (Å²) in [5, 5.41) is 6.03. The molecule has 0 bridgehead atoms. The van der Waals surface area contributed by atoms with Gasteiger partial charge in [0.15, 0.2) is 0 Å². The Morgan fingerprint density at radius 2 is 1.71 bits per heavy atom. The Labute approximate surface area is 141 Å². The Kier molecular flexibility index (Phi) is 6.31. The van der Waals surface area contributed by atoms with Gasteiger partial charge >= 0.3 is 0 Å². The standard InChI is InChI=1S/C18H22N2O4/c1-22-14-6-4-5-13(11-14)20-18(21)9-10-19-16-8-7-15(23-2)12-17(16)24-3/h4-8,11-12,19H,9-10H2,1-3H3,(H,20,21). The van der Waals surface area contributed by atoms with Gasteiger partial charge in [-0.1, -0.05) is 6.07 Å². The third-order valence-electron chi connectivity index (χ3n) is 3.43. The van der Waals surface area contributed by atoms with E-state index in [-0.39, 0.29) is 5.91 Å². The summed E-state index contributed by atoms with van der Waals surface area (Å²) in [4.78, 5) is 12.0. The van der Waals surface area contributed by atoms with Crippen molar-refractivity contribution in [2.24, 2.45) is 0 Å².